The van der Waals surface area contributed by atoms with Gasteiger partial charge in [0.2, 0.25) is 11.8 Å². The number of nitrogens with one attached hydrogen (secondary N) is 1. The highest BCUT2D eigenvalue weighted by Crippen LogP contribution is 2.32. The van der Waals surface area contributed by atoms with Crippen LogP contribution in [0, 0.1) is 0 Å². The van der Waals surface area contributed by atoms with E-state index in [0.29, 0.717) is 0 Å². The molecule has 1 fully saturated rings. The number of rotatable bonds is 7. The molecule has 1 aromatic carbocycles. The van der Waals surface area contributed by atoms with Gasteiger partial charge in [-0.1, -0.05) is 30.3 Å². The van der Waals surface area contributed by atoms with Gasteiger partial charge < -0.3 is 19.7 Å². The topological polar surface area (TPSA) is 84.9 Å². The van der Waals surface area contributed by atoms with Gasteiger partial charge in [0.15, 0.2) is 0 Å². The molecule has 1 aromatic rings. The lowest BCUT2D eigenvalue weighted by atomic mass is 10.1. The zero-order valence-electron chi connectivity index (χ0n) is 17.1. The van der Waals surface area contributed by atoms with E-state index in [2.05, 4.69) is 29.6 Å². The number of nitrogens with zero attached hydrogens (tertiary/aromatic N) is 1. The fourth-order valence-electron chi connectivity index (χ4n) is 3.05. The molecule has 7 nitrogen and oxygen atoms in total. The summed E-state index contributed by atoms with van der Waals surface area (Å²) in [6, 6.07) is 15.1. The van der Waals surface area contributed by atoms with Crippen LogP contribution in [0.25, 0.3) is 11.1 Å². The average Bonchev–Trinajstić information content (AvgIpc) is 3.35. The Morgan fingerprint density at radius 2 is 1.80 bits per heavy atom. The summed E-state index contributed by atoms with van der Waals surface area (Å²) in [4.78, 5) is 36.5. The van der Waals surface area contributed by atoms with Gasteiger partial charge in [0.1, 0.15) is 30.3 Å². The van der Waals surface area contributed by atoms with Gasteiger partial charge in [0.25, 0.3) is 0 Å². The van der Waals surface area contributed by atoms with Crippen molar-refractivity contribution in [1.29, 1.82) is 0 Å². The third-order valence-electron chi connectivity index (χ3n) is 4.71. The smallest absolute Gasteiger partial charge is 0.326 e. The number of hydrogen-bond acceptors (Lipinski definition) is 6. The molecule has 2 atom stereocenters. The van der Waals surface area contributed by atoms with Crippen molar-refractivity contribution in [3.8, 4) is 16.9 Å². The van der Waals surface area contributed by atoms with Crippen LogP contribution in [0.1, 0.15) is 12.5 Å². The number of ether oxygens (including phenoxy) is 2. The van der Waals surface area contributed by atoms with E-state index >= 15 is 0 Å². The van der Waals surface area contributed by atoms with E-state index < -0.39 is 12.0 Å². The summed E-state index contributed by atoms with van der Waals surface area (Å²) in [6.45, 7) is 1.36. The number of methoxy groups -OCH3 is 1. The first kappa shape index (κ1) is 21.7. The zero-order chi connectivity index (χ0) is 21.7. The molecule has 0 bridgehead atoms. The van der Waals surface area contributed by atoms with Crippen molar-refractivity contribution < 1.29 is 23.9 Å². The lowest BCUT2D eigenvalue weighted by Crippen LogP contribution is -2.69. The molecular formula is C22H24N2O5S. The van der Waals surface area contributed by atoms with E-state index in [1.165, 1.54) is 34.7 Å². The van der Waals surface area contributed by atoms with Crippen molar-refractivity contribution in [2.24, 2.45) is 0 Å². The van der Waals surface area contributed by atoms with Crippen LogP contribution in [0.4, 0.5) is 0 Å². The molecule has 0 saturated carbocycles. The van der Waals surface area contributed by atoms with E-state index in [-0.39, 0.29) is 30.3 Å². The van der Waals surface area contributed by atoms with E-state index in [1.54, 1.807) is 31.4 Å². The number of thioether (sulfide) groups is 1. The Balaban J connectivity index is 0.000000357. The quantitative estimate of drug-likeness (QED) is 0.460. The summed E-state index contributed by atoms with van der Waals surface area (Å²) < 4.78 is 10.3. The molecule has 30 heavy (non-hydrogen) atoms. The molecule has 2 aliphatic carbocycles. The monoisotopic (exact) mass is 428 g/mol. The van der Waals surface area contributed by atoms with Gasteiger partial charge in [-0.3, -0.25) is 14.4 Å². The molecular weight excluding hydrogens is 404 g/mol. The summed E-state index contributed by atoms with van der Waals surface area (Å²) in [7, 11) is 1.58. The number of carbonyl (C=O) groups excluding carboxylic acids is 3. The second-order valence-corrected chi connectivity index (χ2v) is 7.81. The standard InChI is InChI=1S/C16H20N2O5S.C6H4/c1-10(19)17-14-15(21)18(16(14)24-3)8-13(20)23-9-11-4-6-12(22-2)7-5-11;1-2-5-4-6(5)3-1/h4-7,14,16H,8-9H2,1-3H3,(H,17,19);1-4H. The lowest BCUT2D eigenvalue weighted by molar-refractivity contribution is -0.158. The first-order valence-corrected chi connectivity index (χ1v) is 10.7. The highest BCUT2D eigenvalue weighted by atomic mass is 32.2. The van der Waals surface area contributed by atoms with Crippen LogP contribution in [0.5, 0.6) is 5.75 Å². The Morgan fingerprint density at radius 3 is 2.27 bits per heavy atom. The second kappa shape index (κ2) is 9.67. The molecule has 2 amide bonds. The summed E-state index contributed by atoms with van der Waals surface area (Å²) in [5.41, 5.74) is 3.68. The molecule has 2 unspecified atom stereocenters. The SMILES string of the molecule is COc1ccc(COC(=O)CN2C(=O)C(NC(C)=O)C2SC)cc1.c1cc2cc-2c1. The van der Waals surface area contributed by atoms with Crippen LogP contribution in [-0.2, 0) is 25.7 Å². The number of β-lactam (4-membered cyclic amide) rings is 1. The molecule has 158 valence electrons. The molecule has 4 rings (SSSR count). The van der Waals surface area contributed by atoms with Crippen LogP contribution in [0.15, 0.2) is 48.5 Å². The van der Waals surface area contributed by atoms with Gasteiger partial charge in [-0.15, -0.1) is 11.8 Å². The number of amides is 2. The van der Waals surface area contributed by atoms with Gasteiger partial charge in [-0.2, -0.15) is 0 Å². The maximum absolute atomic E-state index is 12.0. The molecule has 1 heterocycles. The summed E-state index contributed by atoms with van der Waals surface area (Å²) in [5.74, 6) is -0.303. The maximum atomic E-state index is 12.0. The first-order chi connectivity index (χ1) is 14.4. The highest BCUT2D eigenvalue weighted by Gasteiger charge is 2.48. The van der Waals surface area contributed by atoms with Crippen LogP contribution in [-0.4, -0.2) is 54.0 Å². The minimum Gasteiger partial charge on any atom is -0.497 e. The van der Waals surface area contributed by atoms with Gasteiger partial charge >= 0.3 is 5.97 Å². The molecule has 8 heteroatoms. The van der Waals surface area contributed by atoms with Crippen LogP contribution in [0.3, 0.4) is 0 Å². The highest BCUT2D eigenvalue weighted by molar-refractivity contribution is 7.99. The molecule has 0 radical (unpaired) electrons. The fraction of sp³-hybridized carbons (Fsp3) is 0.318. The maximum Gasteiger partial charge on any atom is 0.326 e. The van der Waals surface area contributed by atoms with Crippen molar-refractivity contribution in [3.63, 3.8) is 0 Å². The van der Waals surface area contributed by atoms with Crippen molar-refractivity contribution in [1.82, 2.24) is 10.2 Å². The van der Waals surface area contributed by atoms with Crippen LogP contribution >= 0.6 is 11.8 Å². The Hall–Kier alpha value is -3.00. The molecule has 0 aromatic heterocycles. The van der Waals surface area contributed by atoms with Gasteiger partial charge in [-0.05, 0) is 41.1 Å². The number of benzene rings is 2. The summed E-state index contributed by atoms with van der Waals surface area (Å²) in [6.07, 6.45) is 1.82. The van der Waals surface area contributed by atoms with Crippen molar-refractivity contribution in [3.05, 3.63) is 54.1 Å². The predicted molar refractivity (Wildman–Crippen MR) is 115 cm³/mol. The molecule has 3 aliphatic rings. The number of fused-ring (bicyclic) bond motifs is 1. The van der Waals surface area contributed by atoms with Gasteiger partial charge in [0.05, 0.1) is 7.11 Å². The van der Waals surface area contributed by atoms with E-state index in [0.717, 1.165) is 11.3 Å². The number of carbonyl (C=O) groups is 3. The zero-order valence-corrected chi connectivity index (χ0v) is 17.9. The number of likely N-dealkylation sites (tertiary alicyclic amines) is 1. The second-order valence-electron chi connectivity index (χ2n) is 6.86. The van der Waals surface area contributed by atoms with E-state index in [4.69, 9.17) is 9.47 Å². The Bertz CT molecular complexity index is 914. The molecule has 1 aliphatic heterocycles. The van der Waals surface area contributed by atoms with Gasteiger partial charge in [-0.25, -0.2) is 0 Å². The Morgan fingerprint density at radius 1 is 1.13 bits per heavy atom. The number of hydrogen-bond donors (Lipinski definition) is 1. The minimum absolute atomic E-state index is 0.128. The average molecular weight is 429 g/mol. The normalized spacial score (nSPS) is 17.8. The molecule has 1 N–H and O–H groups in total. The summed E-state index contributed by atoms with van der Waals surface area (Å²) >= 11 is 1.40. The largest absolute Gasteiger partial charge is 0.497 e. The molecule has 1 saturated heterocycles. The Kier molecular flexibility index (Phi) is 6.99. The Labute approximate surface area is 179 Å². The fourth-order valence-corrected chi connectivity index (χ4v) is 3.94. The third kappa shape index (κ3) is 5.33. The van der Waals surface area contributed by atoms with Gasteiger partial charge in [0, 0.05) is 6.92 Å². The third-order valence-corrected chi connectivity index (χ3v) is 5.72. The van der Waals surface area contributed by atoms with E-state index in [9.17, 15) is 14.4 Å². The molecule has 0 spiro atoms. The van der Waals surface area contributed by atoms with Crippen LogP contribution in [0.2, 0.25) is 0 Å². The minimum atomic E-state index is -0.577. The van der Waals surface area contributed by atoms with Crippen molar-refractivity contribution >= 4 is 29.5 Å². The first-order valence-electron chi connectivity index (χ1n) is 9.42. The lowest BCUT2D eigenvalue weighted by Gasteiger charge is -2.45. The summed E-state index contributed by atoms with van der Waals surface area (Å²) in [5, 5.41) is 2.33. The van der Waals surface area contributed by atoms with Crippen molar-refractivity contribution in [2.75, 3.05) is 19.9 Å². The van der Waals surface area contributed by atoms with Crippen molar-refractivity contribution in [2.45, 2.75) is 24.9 Å². The van der Waals surface area contributed by atoms with Crippen LogP contribution < -0.4 is 10.1 Å². The number of esters is 1. The van der Waals surface area contributed by atoms with E-state index in [1.807, 2.05) is 6.26 Å². The predicted octanol–water partition coefficient (Wildman–Crippen LogP) is 2.44.